The molecule has 0 saturated carbocycles. The van der Waals surface area contributed by atoms with E-state index in [2.05, 4.69) is 16.2 Å². The molecule has 3 amide bonds. The average Bonchev–Trinajstić information content (AvgIpc) is 3.09. The minimum Gasteiger partial charge on any atom is -0.480 e. The Bertz CT molecular complexity index is 697. The normalized spacial score (nSPS) is 17.3. The molecule has 9 heteroatoms. The van der Waals surface area contributed by atoms with Crippen molar-refractivity contribution in [3.05, 3.63) is 29.8 Å². The van der Waals surface area contributed by atoms with Crippen molar-refractivity contribution in [2.24, 2.45) is 0 Å². The van der Waals surface area contributed by atoms with E-state index in [1.807, 2.05) is 6.07 Å². The standard InChI is InChI=1S/C16H19N5O4/c1-10(15(23)24)18-16(25)21-8-2-3-13(21)14(22)20-19-12-6-4-11(9-17)5-7-12/h4-7,10,13,19H,2-3,8H2,1H3,(H,18,25)(H,20,22)(H,23,24). The van der Waals surface area contributed by atoms with Crippen molar-refractivity contribution in [2.75, 3.05) is 12.0 Å². The lowest BCUT2D eigenvalue weighted by atomic mass is 10.2. The molecular weight excluding hydrogens is 326 g/mol. The Hall–Kier alpha value is -3.28. The molecule has 1 aromatic carbocycles. The number of amides is 3. The molecule has 0 aromatic heterocycles. The first-order chi connectivity index (χ1) is 11.9. The fraction of sp³-hybridized carbons (Fsp3) is 0.375. The second-order valence-corrected chi connectivity index (χ2v) is 5.66. The molecule has 2 atom stereocenters. The first-order valence-corrected chi connectivity index (χ1v) is 7.78. The molecule has 25 heavy (non-hydrogen) atoms. The molecule has 0 spiro atoms. The molecule has 1 heterocycles. The summed E-state index contributed by atoms with van der Waals surface area (Å²) >= 11 is 0. The molecule has 0 bridgehead atoms. The molecule has 0 radical (unpaired) electrons. The quantitative estimate of drug-likeness (QED) is 0.579. The zero-order chi connectivity index (χ0) is 18.4. The summed E-state index contributed by atoms with van der Waals surface area (Å²) in [5.74, 6) is -1.53. The third-order valence-electron chi connectivity index (χ3n) is 3.87. The zero-order valence-electron chi connectivity index (χ0n) is 13.7. The first kappa shape index (κ1) is 18.1. The number of nitriles is 1. The van der Waals surface area contributed by atoms with Crippen LogP contribution < -0.4 is 16.2 Å². The van der Waals surface area contributed by atoms with E-state index < -0.39 is 24.1 Å². The summed E-state index contributed by atoms with van der Waals surface area (Å²) in [4.78, 5) is 36.6. The molecule has 1 fully saturated rings. The summed E-state index contributed by atoms with van der Waals surface area (Å²) in [6.07, 6.45) is 1.15. The van der Waals surface area contributed by atoms with Gasteiger partial charge in [-0.3, -0.25) is 20.4 Å². The van der Waals surface area contributed by atoms with Crippen LogP contribution in [0.25, 0.3) is 0 Å². The number of hydrogen-bond donors (Lipinski definition) is 4. The van der Waals surface area contributed by atoms with Gasteiger partial charge >= 0.3 is 12.0 Å². The fourth-order valence-corrected chi connectivity index (χ4v) is 2.46. The molecular formula is C16H19N5O4. The number of hydrogen-bond acceptors (Lipinski definition) is 5. The van der Waals surface area contributed by atoms with Gasteiger partial charge in [-0.2, -0.15) is 5.26 Å². The third-order valence-corrected chi connectivity index (χ3v) is 3.87. The lowest BCUT2D eigenvalue weighted by Gasteiger charge is -2.25. The maximum Gasteiger partial charge on any atom is 0.325 e. The number of hydrazine groups is 1. The number of carboxylic acid groups (broad SMARTS) is 1. The second-order valence-electron chi connectivity index (χ2n) is 5.66. The topological polar surface area (TPSA) is 135 Å². The Labute approximate surface area is 144 Å². The molecule has 4 N–H and O–H groups in total. The number of nitrogens with one attached hydrogen (secondary N) is 3. The largest absolute Gasteiger partial charge is 0.480 e. The van der Waals surface area contributed by atoms with Crippen LogP contribution in [-0.2, 0) is 9.59 Å². The Balaban J connectivity index is 1.92. The third kappa shape index (κ3) is 4.60. The van der Waals surface area contributed by atoms with Crippen molar-refractivity contribution in [3.63, 3.8) is 0 Å². The lowest BCUT2D eigenvalue weighted by Crippen LogP contribution is -2.53. The van der Waals surface area contributed by atoms with Gasteiger partial charge in [0, 0.05) is 6.54 Å². The van der Waals surface area contributed by atoms with E-state index in [9.17, 15) is 14.4 Å². The van der Waals surface area contributed by atoms with E-state index in [1.54, 1.807) is 24.3 Å². The van der Waals surface area contributed by atoms with Crippen LogP contribution in [-0.4, -0.2) is 46.5 Å². The molecule has 2 unspecified atom stereocenters. The predicted molar refractivity (Wildman–Crippen MR) is 88.3 cm³/mol. The van der Waals surface area contributed by atoms with Gasteiger partial charge in [0.15, 0.2) is 0 Å². The number of carboxylic acids is 1. The summed E-state index contributed by atoms with van der Waals surface area (Å²) < 4.78 is 0. The van der Waals surface area contributed by atoms with E-state index >= 15 is 0 Å². The maximum atomic E-state index is 12.3. The highest BCUT2D eigenvalue weighted by Crippen LogP contribution is 2.18. The van der Waals surface area contributed by atoms with Gasteiger partial charge < -0.3 is 15.3 Å². The highest BCUT2D eigenvalue weighted by atomic mass is 16.4. The van der Waals surface area contributed by atoms with Gasteiger partial charge in [0.25, 0.3) is 5.91 Å². The van der Waals surface area contributed by atoms with Crippen LogP contribution in [0, 0.1) is 11.3 Å². The van der Waals surface area contributed by atoms with Gasteiger partial charge in [-0.25, -0.2) is 4.79 Å². The number of aliphatic carboxylic acids is 1. The van der Waals surface area contributed by atoms with Crippen molar-refractivity contribution >= 4 is 23.6 Å². The smallest absolute Gasteiger partial charge is 0.325 e. The maximum absolute atomic E-state index is 12.3. The number of nitrogens with zero attached hydrogens (tertiary/aromatic N) is 2. The van der Waals surface area contributed by atoms with Gasteiger partial charge in [-0.05, 0) is 44.0 Å². The molecule has 1 aliphatic rings. The summed E-state index contributed by atoms with van der Waals surface area (Å²) in [6.45, 7) is 1.74. The molecule has 132 valence electrons. The number of anilines is 1. The number of benzene rings is 1. The van der Waals surface area contributed by atoms with Crippen LogP contribution in [0.3, 0.4) is 0 Å². The minimum absolute atomic E-state index is 0.382. The van der Waals surface area contributed by atoms with Crippen LogP contribution in [0.4, 0.5) is 10.5 Å². The summed E-state index contributed by atoms with van der Waals surface area (Å²) in [5, 5.41) is 20.0. The van der Waals surface area contributed by atoms with Gasteiger partial charge in [0.2, 0.25) is 0 Å². The molecule has 9 nitrogen and oxygen atoms in total. The Kier molecular flexibility index (Phi) is 5.79. The predicted octanol–water partition coefficient (Wildman–Crippen LogP) is 0.648. The number of carbonyl (C=O) groups excluding carboxylic acids is 2. The van der Waals surface area contributed by atoms with E-state index in [0.29, 0.717) is 30.6 Å². The molecule has 1 aliphatic heterocycles. The summed E-state index contributed by atoms with van der Waals surface area (Å²) in [6, 6.07) is 6.22. The van der Waals surface area contributed by atoms with E-state index in [1.165, 1.54) is 11.8 Å². The Morgan fingerprint density at radius 3 is 2.60 bits per heavy atom. The highest BCUT2D eigenvalue weighted by molar-refractivity contribution is 5.89. The Morgan fingerprint density at radius 1 is 1.32 bits per heavy atom. The van der Waals surface area contributed by atoms with Crippen LogP contribution in [0.1, 0.15) is 25.3 Å². The van der Waals surface area contributed by atoms with Crippen LogP contribution in [0.2, 0.25) is 0 Å². The van der Waals surface area contributed by atoms with Crippen molar-refractivity contribution in [1.82, 2.24) is 15.6 Å². The first-order valence-electron chi connectivity index (χ1n) is 7.78. The van der Waals surface area contributed by atoms with Gasteiger partial charge in [0.05, 0.1) is 17.3 Å². The van der Waals surface area contributed by atoms with Crippen molar-refractivity contribution < 1.29 is 19.5 Å². The summed E-state index contributed by atoms with van der Waals surface area (Å²) in [5.41, 5.74) is 6.36. The number of carbonyl (C=O) groups is 3. The van der Waals surface area contributed by atoms with Crippen molar-refractivity contribution in [2.45, 2.75) is 31.8 Å². The second kappa shape index (κ2) is 8.01. The van der Waals surface area contributed by atoms with Crippen LogP contribution >= 0.6 is 0 Å². The summed E-state index contributed by atoms with van der Waals surface area (Å²) in [7, 11) is 0. The van der Waals surface area contributed by atoms with Crippen LogP contribution in [0.5, 0.6) is 0 Å². The average molecular weight is 345 g/mol. The fourth-order valence-electron chi connectivity index (χ4n) is 2.46. The van der Waals surface area contributed by atoms with Crippen molar-refractivity contribution in [3.8, 4) is 6.07 Å². The van der Waals surface area contributed by atoms with E-state index in [-0.39, 0.29) is 5.91 Å². The number of rotatable bonds is 5. The Morgan fingerprint density at radius 2 is 2.00 bits per heavy atom. The van der Waals surface area contributed by atoms with E-state index in [0.717, 1.165) is 0 Å². The molecule has 2 rings (SSSR count). The number of urea groups is 1. The van der Waals surface area contributed by atoms with Gasteiger partial charge in [-0.15, -0.1) is 0 Å². The van der Waals surface area contributed by atoms with Crippen LogP contribution in [0.15, 0.2) is 24.3 Å². The molecule has 0 aliphatic carbocycles. The van der Waals surface area contributed by atoms with Gasteiger partial charge in [-0.1, -0.05) is 0 Å². The monoisotopic (exact) mass is 345 g/mol. The van der Waals surface area contributed by atoms with Crippen molar-refractivity contribution in [1.29, 1.82) is 5.26 Å². The minimum atomic E-state index is -1.14. The lowest BCUT2D eigenvalue weighted by molar-refractivity contribution is -0.138. The SMILES string of the molecule is CC(NC(=O)N1CCCC1C(=O)NNc1ccc(C#N)cc1)C(=O)O. The highest BCUT2D eigenvalue weighted by Gasteiger charge is 2.35. The molecule has 1 saturated heterocycles. The van der Waals surface area contributed by atoms with Gasteiger partial charge in [0.1, 0.15) is 12.1 Å². The zero-order valence-corrected chi connectivity index (χ0v) is 13.7. The molecule has 1 aromatic rings. The number of likely N-dealkylation sites (tertiary alicyclic amines) is 1. The van der Waals surface area contributed by atoms with E-state index in [4.69, 9.17) is 10.4 Å².